The molecule has 0 saturated heterocycles. The van der Waals surface area contributed by atoms with E-state index in [9.17, 15) is 9.50 Å². The third-order valence-corrected chi connectivity index (χ3v) is 1.99. The summed E-state index contributed by atoms with van der Waals surface area (Å²) in [6, 6.07) is 4.37. The lowest BCUT2D eigenvalue weighted by Gasteiger charge is -2.13. The molecule has 0 atom stereocenters. The fourth-order valence-electron chi connectivity index (χ4n) is 1.40. The molecule has 80 valence electrons. The molecule has 0 amide bonds. The van der Waals surface area contributed by atoms with Crippen LogP contribution in [-0.4, -0.2) is 24.1 Å². The number of nitriles is 1. The van der Waals surface area contributed by atoms with E-state index in [1.165, 1.54) is 12.1 Å². The fraction of sp³-hybridized carbons (Fsp3) is 0.364. The van der Waals surface area contributed by atoms with Crippen molar-refractivity contribution < 1.29 is 9.50 Å². The number of benzene rings is 1. The molecular formula is C11H13FN2O. The fourth-order valence-corrected chi connectivity index (χ4v) is 1.40. The monoisotopic (exact) mass is 208 g/mol. The van der Waals surface area contributed by atoms with Crippen LogP contribution in [0.4, 0.5) is 4.39 Å². The van der Waals surface area contributed by atoms with E-state index in [1.54, 1.807) is 0 Å². The Labute approximate surface area is 88.4 Å². The molecule has 1 N–H and O–H groups in total. The van der Waals surface area contributed by atoms with Crippen LogP contribution in [0.3, 0.4) is 0 Å². The zero-order valence-electron chi connectivity index (χ0n) is 8.79. The maximum atomic E-state index is 13.1. The summed E-state index contributed by atoms with van der Waals surface area (Å²) >= 11 is 0. The molecule has 3 nitrogen and oxygen atoms in total. The van der Waals surface area contributed by atoms with E-state index >= 15 is 0 Å². The minimum Gasteiger partial charge on any atom is -0.507 e. The van der Waals surface area contributed by atoms with E-state index in [-0.39, 0.29) is 12.2 Å². The number of nitrogens with zero attached hydrogens (tertiary/aromatic N) is 2. The lowest BCUT2D eigenvalue weighted by atomic mass is 10.1. The summed E-state index contributed by atoms with van der Waals surface area (Å²) in [7, 11) is 3.66. The predicted octanol–water partition coefficient (Wildman–Crippen LogP) is 1.66. The average molecular weight is 208 g/mol. The van der Waals surface area contributed by atoms with Gasteiger partial charge in [0.25, 0.3) is 0 Å². The Bertz CT molecular complexity index is 396. The normalized spacial score (nSPS) is 10.3. The number of phenolic OH excluding ortho intramolecular Hbond substituents is 1. The molecule has 0 unspecified atom stereocenters. The highest BCUT2D eigenvalue weighted by Crippen LogP contribution is 2.25. The van der Waals surface area contributed by atoms with Crippen molar-refractivity contribution in [3.05, 3.63) is 29.1 Å². The molecule has 0 aliphatic rings. The third-order valence-electron chi connectivity index (χ3n) is 1.99. The quantitative estimate of drug-likeness (QED) is 0.821. The molecule has 0 spiro atoms. The van der Waals surface area contributed by atoms with Crippen LogP contribution in [-0.2, 0) is 13.0 Å². The molecule has 0 aromatic heterocycles. The van der Waals surface area contributed by atoms with Gasteiger partial charge >= 0.3 is 0 Å². The van der Waals surface area contributed by atoms with Crippen LogP contribution in [0.5, 0.6) is 5.75 Å². The smallest absolute Gasteiger partial charge is 0.124 e. The summed E-state index contributed by atoms with van der Waals surface area (Å²) in [5.74, 6) is -0.401. The predicted molar refractivity (Wildman–Crippen MR) is 54.8 cm³/mol. The van der Waals surface area contributed by atoms with Gasteiger partial charge in [0.15, 0.2) is 0 Å². The Hall–Kier alpha value is -1.60. The average Bonchev–Trinajstić information content (AvgIpc) is 2.12. The zero-order chi connectivity index (χ0) is 11.4. The summed E-state index contributed by atoms with van der Waals surface area (Å²) < 4.78 is 13.1. The van der Waals surface area contributed by atoms with Crippen LogP contribution in [0, 0.1) is 17.1 Å². The summed E-state index contributed by atoms with van der Waals surface area (Å²) in [6.45, 7) is 0.446. The molecule has 0 heterocycles. The molecule has 0 aliphatic carbocycles. The maximum absolute atomic E-state index is 13.1. The first-order valence-corrected chi connectivity index (χ1v) is 4.56. The minimum atomic E-state index is -0.421. The van der Waals surface area contributed by atoms with E-state index in [0.29, 0.717) is 17.7 Å². The number of rotatable bonds is 3. The van der Waals surface area contributed by atoms with E-state index in [4.69, 9.17) is 5.26 Å². The number of aromatic hydroxyl groups is 1. The summed E-state index contributed by atoms with van der Waals surface area (Å²) in [6.07, 6.45) is 0.0179. The first-order chi connectivity index (χ1) is 7.04. The Kier molecular flexibility index (Phi) is 3.64. The molecule has 0 radical (unpaired) electrons. The molecule has 0 fully saturated rings. The molecule has 1 aromatic carbocycles. The Balaban J connectivity index is 3.11. The lowest BCUT2D eigenvalue weighted by Crippen LogP contribution is -2.11. The summed E-state index contributed by atoms with van der Waals surface area (Å²) in [5, 5.41) is 18.3. The van der Waals surface area contributed by atoms with Gasteiger partial charge in [0, 0.05) is 17.7 Å². The summed E-state index contributed by atoms with van der Waals surface area (Å²) in [5.41, 5.74) is 0.847. The van der Waals surface area contributed by atoms with Gasteiger partial charge in [-0.15, -0.1) is 0 Å². The summed E-state index contributed by atoms with van der Waals surface area (Å²) in [4.78, 5) is 1.82. The van der Waals surface area contributed by atoms with Gasteiger partial charge in [0.05, 0.1) is 12.5 Å². The Morgan fingerprint density at radius 3 is 2.53 bits per heavy atom. The van der Waals surface area contributed by atoms with Gasteiger partial charge in [-0.05, 0) is 26.2 Å². The van der Waals surface area contributed by atoms with Crippen molar-refractivity contribution in [1.82, 2.24) is 4.90 Å². The first-order valence-electron chi connectivity index (χ1n) is 4.56. The van der Waals surface area contributed by atoms with Gasteiger partial charge in [-0.25, -0.2) is 4.39 Å². The maximum Gasteiger partial charge on any atom is 0.124 e. The van der Waals surface area contributed by atoms with Crippen molar-refractivity contribution in [2.24, 2.45) is 0 Å². The van der Waals surface area contributed by atoms with Crippen LogP contribution in [0.15, 0.2) is 12.1 Å². The van der Waals surface area contributed by atoms with Crippen LogP contribution in [0.25, 0.3) is 0 Å². The molecule has 0 saturated carbocycles. The molecule has 15 heavy (non-hydrogen) atoms. The second-order valence-corrected chi connectivity index (χ2v) is 3.65. The molecule has 0 bridgehead atoms. The number of hydrogen-bond acceptors (Lipinski definition) is 3. The lowest BCUT2D eigenvalue weighted by molar-refractivity contribution is 0.383. The number of hydrogen-bond donors (Lipinski definition) is 1. The molecule has 0 aliphatic heterocycles. The van der Waals surface area contributed by atoms with E-state index in [0.717, 1.165) is 0 Å². The largest absolute Gasteiger partial charge is 0.507 e. The Morgan fingerprint density at radius 2 is 2.00 bits per heavy atom. The minimum absolute atomic E-state index is 0.0179. The highest BCUT2D eigenvalue weighted by molar-refractivity contribution is 5.42. The van der Waals surface area contributed by atoms with Crippen LogP contribution < -0.4 is 0 Å². The zero-order valence-corrected chi connectivity index (χ0v) is 8.79. The van der Waals surface area contributed by atoms with Crippen molar-refractivity contribution >= 4 is 0 Å². The van der Waals surface area contributed by atoms with Gasteiger partial charge in [0.1, 0.15) is 11.6 Å². The number of halogens is 1. The van der Waals surface area contributed by atoms with E-state index < -0.39 is 5.82 Å². The van der Waals surface area contributed by atoms with Gasteiger partial charge in [0.2, 0.25) is 0 Å². The van der Waals surface area contributed by atoms with Crippen molar-refractivity contribution in [1.29, 1.82) is 5.26 Å². The number of phenols is 1. The van der Waals surface area contributed by atoms with Crippen molar-refractivity contribution in [2.45, 2.75) is 13.0 Å². The topological polar surface area (TPSA) is 47.3 Å². The van der Waals surface area contributed by atoms with Gasteiger partial charge < -0.3 is 10.0 Å². The molecule has 4 heteroatoms. The molecule has 1 rings (SSSR count). The van der Waals surface area contributed by atoms with Crippen molar-refractivity contribution in [3.63, 3.8) is 0 Å². The highest BCUT2D eigenvalue weighted by Gasteiger charge is 2.10. The van der Waals surface area contributed by atoms with Crippen molar-refractivity contribution in [3.8, 4) is 11.8 Å². The van der Waals surface area contributed by atoms with Gasteiger partial charge in [-0.3, -0.25) is 0 Å². The highest BCUT2D eigenvalue weighted by atomic mass is 19.1. The first kappa shape index (κ1) is 11.5. The van der Waals surface area contributed by atoms with Gasteiger partial charge in [-0.2, -0.15) is 5.26 Å². The SMILES string of the molecule is CN(C)Cc1cc(F)cc(CC#N)c1O. The molecule has 1 aromatic rings. The van der Waals surface area contributed by atoms with Crippen molar-refractivity contribution in [2.75, 3.05) is 14.1 Å². The van der Waals surface area contributed by atoms with Crippen LogP contribution >= 0.6 is 0 Å². The van der Waals surface area contributed by atoms with Gasteiger partial charge in [-0.1, -0.05) is 0 Å². The third kappa shape index (κ3) is 2.93. The standard InChI is InChI=1S/C11H13FN2O/c1-14(2)7-9-6-10(12)5-8(3-4-13)11(9)15/h5-6,15H,3,7H2,1-2H3. The second-order valence-electron chi connectivity index (χ2n) is 3.65. The Morgan fingerprint density at radius 1 is 1.40 bits per heavy atom. The van der Waals surface area contributed by atoms with Crippen LogP contribution in [0.1, 0.15) is 11.1 Å². The molecular weight excluding hydrogens is 195 g/mol. The van der Waals surface area contributed by atoms with E-state index in [2.05, 4.69) is 0 Å². The van der Waals surface area contributed by atoms with E-state index in [1.807, 2.05) is 25.1 Å². The second kappa shape index (κ2) is 4.76. The van der Waals surface area contributed by atoms with Crippen LogP contribution in [0.2, 0.25) is 0 Å².